The second-order valence-electron chi connectivity index (χ2n) is 7.11. The summed E-state index contributed by atoms with van der Waals surface area (Å²) in [6.07, 6.45) is 3.96. The molecule has 0 bridgehead atoms. The molecule has 2 aliphatic carbocycles. The van der Waals surface area contributed by atoms with Gasteiger partial charge < -0.3 is 9.64 Å². The zero-order valence-corrected chi connectivity index (χ0v) is 15.4. The molecule has 1 atom stereocenters. The van der Waals surface area contributed by atoms with Crippen molar-refractivity contribution in [3.05, 3.63) is 22.8 Å². The molecule has 4 rings (SSSR count). The van der Waals surface area contributed by atoms with Gasteiger partial charge in [-0.25, -0.2) is 13.4 Å². The molecule has 1 aromatic rings. The number of rotatable bonds is 5. The van der Waals surface area contributed by atoms with Gasteiger partial charge in [0, 0.05) is 6.54 Å². The summed E-state index contributed by atoms with van der Waals surface area (Å²) in [5, 5.41) is 0.225. The first-order valence-corrected chi connectivity index (χ1v) is 10.7. The van der Waals surface area contributed by atoms with E-state index in [1.54, 1.807) is 6.07 Å². The molecule has 0 amide bonds. The molecule has 2 heterocycles. The number of anilines is 1. The molecule has 0 N–H and O–H groups in total. The predicted octanol–water partition coefficient (Wildman–Crippen LogP) is 2.92. The zero-order valence-electron chi connectivity index (χ0n) is 13.9. The fourth-order valence-corrected chi connectivity index (χ4v) is 6.45. The number of pyridine rings is 1. The van der Waals surface area contributed by atoms with Gasteiger partial charge in [-0.15, -0.1) is 0 Å². The monoisotopic (exact) mass is 370 g/mol. The van der Waals surface area contributed by atoms with Crippen LogP contribution in [0, 0.1) is 0 Å². The Bertz CT molecular complexity index is 744. The van der Waals surface area contributed by atoms with Gasteiger partial charge in [0.25, 0.3) is 0 Å². The Hall–Kier alpha value is -0.850. The normalized spacial score (nSPS) is 26.4. The molecule has 3 aliphatic rings. The third-order valence-electron chi connectivity index (χ3n) is 5.51. The Morgan fingerprint density at radius 1 is 1.38 bits per heavy atom. The minimum atomic E-state index is -3.12. The van der Waals surface area contributed by atoms with E-state index in [-0.39, 0.29) is 11.3 Å². The van der Waals surface area contributed by atoms with Gasteiger partial charge in [0.05, 0.1) is 29.3 Å². The van der Waals surface area contributed by atoms with E-state index in [9.17, 15) is 8.42 Å². The highest BCUT2D eigenvalue weighted by Crippen LogP contribution is 2.57. The lowest BCUT2D eigenvalue weighted by Crippen LogP contribution is -2.45. The summed E-state index contributed by atoms with van der Waals surface area (Å²) in [6, 6.07) is 3.96. The predicted molar refractivity (Wildman–Crippen MR) is 94.3 cm³/mol. The molecule has 1 aliphatic heterocycles. The van der Waals surface area contributed by atoms with Crippen LogP contribution in [0.4, 0.5) is 5.82 Å². The van der Waals surface area contributed by atoms with Gasteiger partial charge in [-0.2, -0.15) is 0 Å². The van der Waals surface area contributed by atoms with E-state index in [2.05, 4.69) is 16.8 Å². The highest BCUT2D eigenvalue weighted by Gasteiger charge is 2.60. The molecule has 3 fully saturated rings. The SMILES string of the molecule is CC[C@H]1COCCN1c1cc(C2(S(=O)(=O)C3CC3)CC2)cc(Cl)n1. The maximum atomic E-state index is 12.9. The maximum Gasteiger partial charge on any atom is 0.163 e. The van der Waals surface area contributed by atoms with Crippen LogP contribution in [0.15, 0.2) is 12.1 Å². The maximum absolute atomic E-state index is 12.9. The average molecular weight is 371 g/mol. The minimum absolute atomic E-state index is 0.151. The van der Waals surface area contributed by atoms with Crippen molar-refractivity contribution in [2.24, 2.45) is 0 Å². The fraction of sp³-hybridized carbons (Fsp3) is 0.706. The first-order chi connectivity index (χ1) is 11.5. The van der Waals surface area contributed by atoms with E-state index in [1.807, 2.05) is 6.07 Å². The van der Waals surface area contributed by atoms with Crippen LogP contribution in [0.3, 0.4) is 0 Å². The molecule has 7 heteroatoms. The molecule has 132 valence electrons. The lowest BCUT2D eigenvalue weighted by molar-refractivity contribution is 0.0925. The van der Waals surface area contributed by atoms with Gasteiger partial charge in [-0.05, 0) is 49.8 Å². The molecule has 0 unspecified atom stereocenters. The van der Waals surface area contributed by atoms with Crippen molar-refractivity contribution >= 4 is 27.3 Å². The van der Waals surface area contributed by atoms with Crippen LogP contribution in [0.5, 0.6) is 0 Å². The summed E-state index contributed by atoms with van der Waals surface area (Å²) < 4.78 is 30.6. The van der Waals surface area contributed by atoms with Gasteiger partial charge >= 0.3 is 0 Å². The summed E-state index contributed by atoms with van der Waals surface area (Å²) in [5.41, 5.74) is 0.825. The van der Waals surface area contributed by atoms with Crippen LogP contribution in [-0.4, -0.2) is 44.5 Å². The van der Waals surface area contributed by atoms with Crippen LogP contribution in [0.25, 0.3) is 0 Å². The third-order valence-corrected chi connectivity index (χ3v) is 8.79. The molecule has 1 saturated heterocycles. The zero-order chi connectivity index (χ0) is 16.9. The van der Waals surface area contributed by atoms with Crippen LogP contribution < -0.4 is 4.90 Å². The molecule has 24 heavy (non-hydrogen) atoms. The number of aromatic nitrogens is 1. The first kappa shape index (κ1) is 16.6. The highest BCUT2D eigenvalue weighted by molar-refractivity contribution is 7.93. The number of hydrogen-bond donors (Lipinski definition) is 0. The summed E-state index contributed by atoms with van der Waals surface area (Å²) >= 11 is 6.28. The van der Waals surface area contributed by atoms with Crippen LogP contribution in [0.2, 0.25) is 5.15 Å². The van der Waals surface area contributed by atoms with E-state index < -0.39 is 14.6 Å². The Kier molecular flexibility index (Phi) is 4.05. The molecule has 0 spiro atoms. The lowest BCUT2D eigenvalue weighted by atomic mass is 10.1. The lowest BCUT2D eigenvalue weighted by Gasteiger charge is -2.36. The van der Waals surface area contributed by atoms with E-state index in [1.165, 1.54) is 0 Å². The number of hydrogen-bond acceptors (Lipinski definition) is 5. The summed E-state index contributed by atoms with van der Waals surface area (Å²) in [7, 11) is -3.12. The average Bonchev–Trinajstić information content (AvgIpc) is 3.46. The summed E-state index contributed by atoms with van der Waals surface area (Å²) in [5.74, 6) is 0.782. The van der Waals surface area contributed by atoms with Crippen molar-refractivity contribution in [3.8, 4) is 0 Å². The van der Waals surface area contributed by atoms with E-state index >= 15 is 0 Å². The second kappa shape index (κ2) is 5.85. The van der Waals surface area contributed by atoms with Gasteiger partial charge in [0.15, 0.2) is 9.84 Å². The van der Waals surface area contributed by atoms with E-state index in [4.69, 9.17) is 16.3 Å². The van der Waals surface area contributed by atoms with Crippen LogP contribution in [0.1, 0.15) is 44.6 Å². The third kappa shape index (κ3) is 2.63. The Labute approximate surface area is 148 Å². The molecular formula is C17H23ClN2O3S. The highest BCUT2D eigenvalue weighted by atomic mass is 35.5. The quantitative estimate of drug-likeness (QED) is 0.746. The van der Waals surface area contributed by atoms with Gasteiger partial charge in [-0.1, -0.05) is 18.5 Å². The van der Waals surface area contributed by atoms with E-state index in [0.29, 0.717) is 31.2 Å². The molecule has 0 radical (unpaired) electrons. The molecule has 0 aromatic carbocycles. The molecule has 1 aromatic heterocycles. The Morgan fingerprint density at radius 2 is 2.12 bits per heavy atom. The standard InChI is InChI=1S/C17H23ClN2O3S/c1-2-13-11-23-8-7-20(13)16-10-12(9-15(18)19-16)17(5-6-17)24(21,22)14-3-4-14/h9-10,13-14H,2-8,11H2,1H3/t13-/m0/s1. The number of nitrogens with zero attached hydrogens (tertiary/aromatic N) is 2. The fourth-order valence-electron chi connectivity index (χ4n) is 3.74. The van der Waals surface area contributed by atoms with Crippen molar-refractivity contribution < 1.29 is 13.2 Å². The van der Waals surface area contributed by atoms with Crippen molar-refractivity contribution in [3.63, 3.8) is 0 Å². The van der Waals surface area contributed by atoms with Crippen molar-refractivity contribution in [1.29, 1.82) is 0 Å². The number of halogens is 1. The first-order valence-electron chi connectivity index (χ1n) is 8.74. The number of sulfone groups is 1. The van der Waals surface area contributed by atoms with Gasteiger partial charge in [0.1, 0.15) is 11.0 Å². The van der Waals surface area contributed by atoms with Crippen molar-refractivity contribution in [2.45, 2.75) is 55.1 Å². The Balaban J connectivity index is 1.72. The Morgan fingerprint density at radius 3 is 2.75 bits per heavy atom. The molecule has 2 saturated carbocycles. The van der Waals surface area contributed by atoms with Gasteiger partial charge in [0.2, 0.25) is 0 Å². The number of morpholine rings is 1. The number of ether oxygens (including phenoxy) is 1. The van der Waals surface area contributed by atoms with Crippen molar-refractivity contribution in [2.75, 3.05) is 24.7 Å². The smallest absolute Gasteiger partial charge is 0.163 e. The second-order valence-corrected chi connectivity index (χ2v) is 10.0. The van der Waals surface area contributed by atoms with Gasteiger partial charge in [-0.3, -0.25) is 0 Å². The topological polar surface area (TPSA) is 59.5 Å². The minimum Gasteiger partial charge on any atom is -0.377 e. The van der Waals surface area contributed by atoms with Crippen LogP contribution >= 0.6 is 11.6 Å². The largest absolute Gasteiger partial charge is 0.377 e. The van der Waals surface area contributed by atoms with Crippen molar-refractivity contribution in [1.82, 2.24) is 4.98 Å². The van der Waals surface area contributed by atoms with Crippen LogP contribution in [-0.2, 0) is 19.3 Å². The van der Waals surface area contributed by atoms with E-state index in [0.717, 1.165) is 37.2 Å². The molecule has 5 nitrogen and oxygen atoms in total. The molecular weight excluding hydrogens is 348 g/mol. The summed E-state index contributed by atoms with van der Waals surface area (Å²) in [4.78, 5) is 6.69. The summed E-state index contributed by atoms with van der Waals surface area (Å²) in [6.45, 7) is 4.21.